The monoisotopic (exact) mass is 248 g/mol. The summed E-state index contributed by atoms with van der Waals surface area (Å²) < 4.78 is 0. The van der Waals surface area contributed by atoms with Crippen LogP contribution >= 0.6 is 0 Å². The summed E-state index contributed by atoms with van der Waals surface area (Å²) in [6.07, 6.45) is 6.61. The molecule has 96 valence electrons. The van der Waals surface area contributed by atoms with Gasteiger partial charge < -0.3 is 10.4 Å². The fraction of sp³-hybridized carbons (Fsp3) is 0.462. The third-order valence-electron chi connectivity index (χ3n) is 3.50. The largest absolute Gasteiger partial charge is 0.478 e. The first-order valence-electron chi connectivity index (χ1n) is 6.01. The zero-order chi connectivity index (χ0) is 13.2. The van der Waals surface area contributed by atoms with E-state index in [9.17, 15) is 9.59 Å². The highest BCUT2D eigenvalue weighted by Gasteiger charge is 2.36. The first-order chi connectivity index (χ1) is 8.51. The van der Waals surface area contributed by atoms with E-state index in [1.807, 2.05) is 6.92 Å². The fourth-order valence-corrected chi connectivity index (χ4v) is 2.29. The van der Waals surface area contributed by atoms with Crippen molar-refractivity contribution in [3.63, 3.8) is 0 Å². The van der Waals surface area contributed by atoms with E-state index in [0.29, 0.717) is 5.69 Å². The number of aromatic nitrogens is 1. The highest BCUT2D eigenvalue weighted by Crippen LogP contribution is 2.38. The molecule has 18 heavy (non-hydrogen) atoms. The second-order valence-electron chi connectivity index (χ2n) is 4.99. The molecule has 0 spiro atoms. The molecule has 1 heterocycles. The first kappa shape index (κ1) is 12.5. The highest BCUT2D eigenvalue weighted by molar-refractivity contribution is 5.96. The lowest BCUT2D eigenvalue weighted by Gasteiger charge is -2.22. The lowest BCUT2D eigenvalue weighted by molar-refractivity contribution is -0.124. The lowest BCUT2D eigenvalue weighted by atomic mass is 9.88. The van der Waals surface area contributed by atoms with Crippen LogP contribution in [0.5, 0.6) is 0 Å². The maximum Gasteiger partial charge on any atom is 0.337 e. The smallest absolute Gasteiger partial charge is 0.337 e. The molecule has 5 heteroatoms. The Bertz CT molecular complexity index is 479. The van der Waals surface area contributed by atoms with Crippen LogP contribution in [0.4, 0.5) is 5.69 Å². The number of aromatic carboxylic acids is 1. The zero-order valence-electron chi connectivity index (χ0n) is 10.3. The van der Waals surface area contributed by atoms with Gasteiger partial charge in [-0.1, -0.05) is 19.8 Å². The summed E-state index contributed by atoms with van der Waals surface area (Å²) in [4.78, 5) is 26.7. The van der Waals surface area contributed by atoms with E-state index in [1.54, 1.807) is 0 Å². The van der Waals surface area contributed by atoms with Gasteiger partial charge in [0.1, 0.15) is 0 Å². The molecule has 0 bridgehead atoms. The highest BCUT2D eigenvalue weighted by atomic mass is 16.4. The molecule has 1 saturated carbocycles. The standard InChI is InChI=1S/C13H16N2O3/c1-13(4-2-3-5-13)12(18)15-10-6-9(11(16)17)7-14-8-10/h6-8H,2-5H2,1H3,(H,15,18)(H,16,17). The quantitative estimate of drug-likeness (QED) is 0.860. The minimum atomic E-state index is -1.05. The Morgan fingerprint density at radius 3 is 2.61 bits per heavy atom. The van der Waals surface area contributed by atoms with Gasteiger partial charge >= 0.3 is 5.97 Å². The molecule has 2 rings (SSSR count). The molecule has 1 fully saturated rings. The number of carbonyl (C=O) groups excluding carboxylic acids is 1. The van der Waals surface area contributed by atoms with Crippen molar-refractivity contribution in [1.29, 1.82) is 0 Å². The van der Waals surface area contributed by atoms with Crippen LogP contribution in [0.3, 0.4) is 0 Å². The molecule has 0 radical (unpaired) electrons. The van der Waals surface area contributed by atoms with E-state index in [1.165, 1.54) is 18.5 Å². The van der Waals surface area contributed by atoms with Gasteiger partial charge in [0.05, 0.1) is 17.4 Å². The summed E-state index contributed by atoms with van der Waals surface area (Å²) in [6, 6.07) is 1.42. The minimum absolute atomic E-state index is 0.0515. The second kappa shape index (κ2) is 4.76. The van der Waals surface area contributed by atoms with Crippen molar-refractivity contribution in [3.8, 4) is 0 Å². The van der Waals surface area contributed by atoms with Crippen molar-refractivity contribution in [3.05, 3.63) is 24.0 Å². The van der Waals surface area contributed by atoms with Gasteiger partial charge in [-0.25, -0.2) is 4.79 Å². The number of nitrogens with one attached hydrogen (secondary N) is 1. The summed E-state index contributed by atoms with van der Waals surface area (Å²) in [5.74, 6) is -1.10. The van der Waals surface area contributed by atoms with Gasteiger partial charge in [-0.2, -0.15) is 0 Å². The molecule has 0 aliphatic heterocycles. The number of nitrogens with zero attached hydrogens (tertiary/aromatic N) is 1. The molecular weight excluding hydrogens is 232 g/mol. The molecule has 5 nitrogen and oxygen atoms in total. The topological polar surface area (TPSA) is 79.3 Å². The summed E-state index contributed by atoms with van der Waals surface area (Å²) in [6.45, 7) is 1.95. The molecular formula is C13H16N2O3. The number of anilines is 1. The van der Waals surface area contributed by atoms with Crippen LogP contribution in [-0.4, -0.2) is 22.0 Å². The number of pyridine rings is 1. The Kier molecular flexibility index (Phi) is 3.32. The van der Waals surface area contributed by atoms with E-state index >= 15 is 0 Å². The number of amides is 1. The van der Waals surface area contributed by atoms with Gasteiger partial charge in [-0.3, -0.25) is 9.78 Å². The van der Waals surface area contributed by atoms with Crippen molar-refractivity contribution in [2.75, 3.05) is 5.32 Å². The number of hydrogen-bond donors (Lipinski definition) is 2. The Morgan fingerprint density at radius 1 is 1.33 bits per heavy atom. The average Bonchev–Trinajstić information content (AvgIpc) is 2.78. The Balaban J connectivity index is 2.11. The van der Waals surface area contributed by atoms with Crippen molar-refractivity contribution < 1.29 is 14.7 Å². The van der Waals surface area contributed by atoms with Gasteiger partial charge in [0.2, 0.25) is 5.91 Å². The van der Waals surface area contributed by atoms with Gasteiger partial charge in [0.25, 0.3) is 0 Å². The third kappa shape index (κ3) is 2.50. The van der Waals surface area contributed by atoms with Crippen molar-refractivity contribution >= 4 is 17.6 Å². The van der Waals surface area contributed by atoms with Crippen LogP contribution in [0.1, 0.15) is 43.0 Å². The van der Waals surface area contributed by atoms with E-state index < -0.39 is 5.97 Å². The van der Waals surface area contributed by atoms with Gasteiger partial charge in [-0.05, 0) is 18.9 Å². The van der Waals surface area contributed by atoms with E-state index in [2.05, 4.69) is 10.3 Å². The number of carbonyl (C=O) groups is 2. The maximum absolute atomic E-state index is 12.1. The molecule has 1 aliphatic rings. The number of rotatable bonds is 3. The van der Waals surface area contributed by atoms with E-state index in [4.69, 9.17) is 5.11 Å². The Hall–Kier alpha value is -1.91. The molecule has 1 aromatic heterocycles. The van der Waals surface area contributed by atoms with Crippen molar-refractivity contribution in [1.82, 2.24) is 4.98 Å². The van der Waals surface area contributed by atoms with Crippen molar-refractivity contribution in [2.45, 2.75) is 32.6 Å². The average molecular weight is 248 g/mol. The Morgan fingerprint density at radius 2 is 2.00 bits per heavy atom. The van der Waals surface area contributed by atoms with E-state index in [0.717, 1.165) is 25.7 Å². The predicted molar refractivity (Wildman–Crippen MR) is 66.4 cm³/mol. The molecule has 1 aromatic rings. The molecule has 2 N–H and O–H groups in total. The number of carboxylic acid groups (broad SMARTS) is 1. The maximum atomic E-state index is 12.1. The predicted octanol–water partition coefficient (Wildman–Crippen LogP) is 2.30. The van der Waals surface area contributed by atoms with Crippen LogP contribution in [-0.2, 0) is 4.79 Å². The molecule has 0 saturated heterocycles. The summed E-state index contributed by atoms with van der Waals surface area (Å²) in [5.41, 5.74) is 0.177. The van der Waals surface area contributed by atoms with Gasteiger partial charge in [0, 0.05) is 11.6 Å². The number of carboxylic acids is 1. The fourth-order valence-electron chi connectivity index (χ4n) is 2.29. The van der Waals surface area contributed by atoms with Crippen LogP contribution in [0.15, 0.2) is 18.5 Å². The molecule has 1 aliphatic carbocycles. The van der Waals surface area contributed by atoms with Gasteiger partial charge in [0.15, 0.2) is 0 Å². The molecule has 1 amide bonds. The van der Waals surface area contributed by atoms with Gasteiger partial charge in [-0.15, -0.1) is 0 Å². The third-order valence-corrected chi connectivity index (χ3v) is 3.50. The normalized spacial score (nSPS) is 17.4. The number of hydrogen-bond acceptors (Lipinski definition) is 3. The summed E-state index contributed by atoms with van der Waals surface area (Å²) >= 11 is 0. The van der Waals surface area contributed by atoms with E-state index in [-0.39, 0.29) is 16.9 Å². The molecule has 0 atom stereocenters. The van der Waals surface area contributed by atoms with Crippen LogP contribution in [0.2, 0.25) is 0 Å². The van der Waals surface area contributed by atoms with Crippen LogP contribution < -0.4 is 5.32 Å². The Labute approximate surface area is 105 Å². The lowest BCUT2D eigenvalue weighted by Crippen LogP contribution is -2.30. The second-order valence-corrected chi connectivity index (χ2v) is 4.99. The molecule has 0 aromatic carbocycles. The summed E-state index contributed by atoms with van der Waals surface area (Å²) in [5, 5.41) is 11.6. The first-order valence-corrected chi connectivity index (χ1v) is 6.01. The van der Waals surface area contributed by atoms with Crippen LogP contribution in [0, 0.1) is 5.41 Å². The minimum Gasteiger partial charge on any atom is -0.478 e. The van der Waals surface area contributed by atoms with Crippen LogP contribution in [0.25, 0.3) is 0 Å². The molecule has 0 unspecified atom stereocenters. The zero-order valence-corrected chi connectivity index (χ0v) is 10.3. The van der Waals surface area contributed by atoms with Crippen molar-refractivity contribution in [2.24, 2.45) is 5.41 Å². The summed E-state index contributed by atoms with van der Waals surface area (Å²) in [7, 11) is 0. The SMILES string of the molecule is CC1(C(=O)Nc2cncc(C(=O)O)c2)CCCC1.